The van der Waals surface area contributed by atoms with Gasteiger partial charge in [0.15, 0.2) is 0 Å². The molecule has 0 radical (unpaired) electrons. The minimum Gasteiger partial charge on any atom is -0.364 e. The molecular formula is C16H16ClN3O. The van der Waals surface area contributed by atoms with Gasteiger partial charge in [0.25, 0.3) is 0 Å². The van der Waals surface area contributed by atoms with E-state index in [4.69, 9.17) is 11.6 Å². The van der Waals surface area contributed by atoms with Crippen LogP contribution in [0.15, 0.2) is 54.6 Å². The van der Waals surface area contributed by atoms with Crippen LogP contribution in [-0.4, -0.2) is 24.1 Å². The molecule has 21 heavy (non-hydrogen) atoms. The van der Waals surface area contributed by atoms with Gasteiger partial charge in [0, 0.05) is 23.7 Å². The van der Waals surface area contributed by atoms with Crippen molar-refractivity contribution in [1.82, 2.24) is 5.01 Å². The molecule has 1 saturated heterocycles. The Morgan fingerprint density at radius 3 is 2.48 bits per heavy atom. The predicted octanol–water partition coefficient (Wildman–Crippen LogP) is 3.36. The summed E-state index contributed by atoms with van der Waals surface area (Å²) in [7, 11) is 0. The van der Waals surface area contributed by atoms with Crippen LogP contribution in [0.4, 0.5) is 11.4 Å². The van der Waals surface area contributed by atoms with E-state index in [2.05, 4.69) is 5.32 Å². The normalized spacial score (nSPS) is 17.9. The van der Waals surface area contributed by atoms with Crippen molar-refractivity contribution in [3.8, 4) is 0 Å². The maximum absolute atomic E-state index is 11.5. The lowest BCUT2D eigenvalue weighted by molar-refractivity contribution is -0.119. The van der Waals surface area contributed by atoms with Gasteiger partial charge in [-0.05, 0) is 36.4 Å². The van der Waals surface area contributed by atoms with Crippen LogP contribution in [-0.2, 0) is 4.79 Å². The molecule has 5 heteroatoms. The van der Waals surface area contributed by atoms with E-state index in [1.165, 1.54) is 0 Å². The van der Waals surface area contributed by atoms with Gasteiger partial charge >= 0.3 is 0 Å². The van der Waals surface area contributed by atoms with E-state index in [1.54, 1.807) is 5.01 Å². The number of hydrogen-bond acceptors (Lipinski definition) is 3. The summed E-state index contributed by atoms with van der Waals surface area (Å²) in [6, 6.07) is 17.4. The molecular weight excluding hydrogens is 286 g/mol. The van der Waals surface area contributed by atoms with Gasteiger partial charge in [-0.2, -0.15) is 0 Å². The number of anilines is 2. The van der Waals surface area contributed by atoms with Gasteiger partial charge in [0.2, 0.25) is 6.41 Å². The highest BCUT2D eigenvalue weighted by molar-refractivity contribution is 6.30. The van der Waals surface area contributed by atoms with Crippen molar-refractivity contribution >= 4 is 29.4 Å². The topological polar surface area (TPSA) is 35.6 Å². The van der Waals surface area contributed by atoms with E-state index in [1.807, 2.05) is 59.6 Å². The van der Waals surface area contributed by atoms with Crippen LogP contribution in [0.2, 0.25) is 5.02 Å². The summed E-state index contributed by atoms with van der Waals surface area (Å²) in [6.45, 7) is 0.800. The highest BCUT2D eigenvalue weighted by atomic mass is 35.5. The second-order valence-electron chi connectivity index (χ2n) is 4.90. The average molecular weight is 302 g/mol. The van der Waals surface area contributed by atoms with Crippen LogP contribution in [0.3, 0.4) is 0 Å². The molecule has 1 atom stereocenters. The van der Waals surface area contributed by atoms with Crippen molar-refractivity contribution in [2.45, 2.75) is 12.6 Å². The Morgan fingerprint density at radius 1 is 1.10 bits per heavy atom. The first-order valence-electron chi connectivity index (χ1n) is 6.86. The summed E-state index contributed by atoms with van der Waals surface area (Å²) in [6.07, 6.45) is 1.67. The minimum atomic E-state index is -0.0520. The number of benzene rings is 2. The number of carbonyl (C=O) groups excluding carboxylic acids is 1. The standard InChI is InChI=1S/C16H16ClN3O/c17-13-6-8-14(9-7-13)18-16-10-11-19(20(16)12-21)15-4-2-1-3-5-15/h1-9,12,16,18H,10-11H2/t16-/m1/s1. The molecule has 1 N–H and O–H groups in total. The molecule has 1 heterocycles. The number of carbonyl (C=O) groups is 1. The predicted molar refractivity (Wildman–Crippen MR) is 85.2 cm³/mol. The van der Waals surface area contributed by atoms with E-state index in [-0.39, 0.29) is 6.17 Å². The molecule has 1 aliphatic heterocycles. The van der Waals surface area contributed by atoms with Gasteiger partial charge in [-0.25, -0.2) is 5.01 Å². The van der Waals surface area contributed by atoms with E-state index in [0.717, 1.165) is 30.8 Å². The number of amides is 1. The Labute approximate surface area is 128 Å². The third-order valence-electron chi connectivity index (χ3n) is 3.55. The Morgan fingerprint density at radius 2 is 1.81 bits per heavy atom. The summed E-state index contributed by atoms with van der Waals surface area (Å²) >= 11 is 5.88. The van der Waals surface area contributed by atoms with Crippen LogP contribution < -0.4 is 10.3 Å². The van der Waals surface area contributed by atoms with Crippen molar-refractivity contribution in [2.75, 3.05) is 16.9 Å². The molecule has 0 bridgehead atoms. The largest absolute Gasteiger partial charge is 0.364 e. The van der Waals surface area contributed by atoms with E-state index >= 15 is 0 Å². The molecule has 0 unspecified atom stereocenters. The maximum Gasteiger partial charge on any atom is 0.230 e. The molecule has 2 aromatic rings. The molecule has 1 fully saturated rings. The van der Waals surface area contributed by atoms with Gasteiger partial charge in [-0.15, -0.1) is 0 Å². The fourth-order valence-corrected chi connectivity index (χ4v) is 2.66. The molecule has 4 nitrogen and oxygen atoms in total. The van der Waals surface area contributed by atoms with Crippen molar-refractivity contribution in [1.29, 1.82) is 0 Å². The molecule has 0 saturated carbocycles. The van der Waals surface area contributed by atoms with Gasteiger partial charge < -0.3 is 5.32 Å². The smallest absolute Gasteiger partial charge is 0.230 e. The first-order chi connectivity index (χ1) is 10.3. The molecule has 0 aromatic heterocycles. The summed E-state index contributed by atoms with van der Waals surface area (Å²) < 4.78 is 0. The fraction of sp³-hybridized carbons (Fsp3) is 0.188. The molecule has 2 aromatic carbocycles. The Balaban J connectivity index is 1.75. The van der Waals surface area contributed by atoms with Crippen LogP contribution in [0.25, 0.3) is 0 Å². The monoisotopic (exact) mass is 301 g/mol. The number of hydrogen-bond donors (Lipinski definition) is 1. The number of nitrogens with zero attached hydrogens (tertiary/aromatic N) is 2. The third-order valence-corrected chi connectivity index (χ3v) is 3.80. The number of para-hydroxylation sites is 1. The number of halogens is 1. The lowest BCUT2D eigenvalue weighted by Gasteiger charge is -2.30. The van der Waals surface area contributed by atoms with Gasteiger partial charge in [0.1, 0.15) is 6.17 Å². The SMILES string of the molecule is O=CN1[C@@H](Nc2ccc(Cl)cc2)CCN1c1ccccc1. The third kappa shape index (κ3) is 2.95. The quantitative estimate of drug-likeness (QED) is 0.880. The first kappa shape index (κ1) is 13.8. The summed E-state index contributed by atoms with van der Waals surface area (Å²) in [5.41, 5.74) is 1.97. The van der Waals surface area contributed by atoms with Crippen molar-refractivity contribution in [3.63, 3.8) is 0 Å². The summed E-state index contributed by atoms with van der Waals surface area (Å²) in [5, 5.41) is 7.75. The van der Waals surface area contributed by atoms with Crippen LogP contribution >= 0.6 is 11.6 Å². The second-order valence-corrected chi connectivity index (χ2v) is 5.34. The zero-order chi connectivity index (χ0) is 14.7. The lowest BCUT2D eigenvalue weighted by Crippen LogP contribution is -2.43. The molecule has 0 spiro atoms. The Bertz CT molecular complexity index is 603. The lowest BCUT2D eigenvalue weighted by atomic mass is 10.3. The van der Waals surface area contributed by atoms with E-state index in [9.17, 15) is 4.79 Å². The van der Waals surface area contributed by atoms with Crippen LogP contribution in [0.1, 0.15) is 6.42 Å². The van der Waals surface area contributed by atoms with Crippen LogP contribution in [0, 0.1) is 0 Å². The summed E-state index contributed by atoms with van der Waals surface area (Å²) in [5.74, 6) is 0. The second kappa shape index (κ2) is 6.06. The first-order valence-corrected chi connectivity index (χ1v) is 7.24. The fourth-order valence-electron chi connectivity index (χ4n) is 2.53. The van der Waals surface area contributed by atoms with E-state index in [0.29, 0.717) is 5.02 Å². The van der Waals surface area contributed by atoms with Gasteiger partial charge in [0.05, 0.1) is 5.69 Å². The van der Waals surface area contributed by atoms with Crippen molar-refractivity contribution < 1.29 is 4.79 Å². The number of nitrogens with one attached hydrogen (secondary N) is 1. The molecule has 0 aliphatic carbocycles. The van der Waals surface area contributed by atoms with Gasteiger partial charge in [-0.1, -0.05) is 29.8 Å². The zero-order valence-electron chi connectivity index (χ0n) is 11.4. The highest BCUT2D eigenvalue weighted by Gasteiger charge is 2.30. The van der Waals surface area contributed by atoms with Crippen LogP contribution in [0.5, 0.6) is 0 Å². The number of rotatable bonds is 4. The van der Waals surface area contributed by atoms with Crippen molar-refractivity contribution in [3.05, 3.63) is 59.6 Å². The van der Waals surface area contributed by atoms with Gasteiger partial charge in [-0.3, -0.25) is 9.80 Å². The maximum atomic E-state index is 11.5. The highest BCUT2D eigenvalue weighted by Crippen LogP contribution is 2.25. The number of hydrazine groups is 1. The molecule has 1 amide bonds. The van der Waals surface area contributed by atoms with Crippen molar-refractivity contribution in [2.24, 2.45) is 0 Å². The molecule has 3 rings (SSSR count). The van der Waals surface area contributed by atoms with E-state index < -0.39 is 0 Å². The average Bonchev–Trinajstić information content (AvgIpc) is 2.93. The summed E-state index contributed by atoms with van der Waals surface area (Å²) in [4.78, 5) is 11.5. The molecule has 108 valence electrons. The minimum absolute atomic E-state index is 0.0520. The molecule has 1 aliphatic rings. The Kier molecular flexibility index (Phi) is 3.97. The zero-order valence-corrected chi connectivity index (χ0v) is 12.2. The Hall–Kier alpha value is -2.20.